The van der Waals surface area contributed by atoms with Crippen molar-refractivity contribution in [1.82, 2.24) is 0 Å². The fraction of sp³-hybridized carbons (Fsp3) is 0.0769. The first-order valence-corrected chi connectivity index (χ1v) is 4.65. The Balaban J connectivity index is 2.59. The van der Waals surface area contributed by atoms with Crippen LogP contribution >= 0.6 is 0 Å². The predicted molar refractivity (Wildman–Crippen MR) is 58.9 cm³/mol. The number of aromatic hydroxyl groups is 1. The Kier molecular flexibility index (Phi) is 2.59. The van der Waals surface area contributed by atoms with Gasteiger partial charge in [0.1, 0.15) is 11.5 Å². The molecule has 0 saturated heterocycles. The second-order valence-electron chi connectivity index (χ2n) is 3.14. The normalized spacial score (nSPS) is 9.93. The van der Waals surface area contributed by atoms with Gasteiger partial charge in [-0.25, -0.2) is 0 Å². The van der Waals surface area contributed by atoms with Gasteiger partial charge >= 0.3 is 0 Å². The summed E-state index contributed by atoms with van der Waals surface area (Å²) in [7, 11) is 1.62. The first-order valence-electron chi connectivity index (χ1n) is 4.65. The van der Waals surface area contributed by atoms with E-state index in [1.807, 2.05) is 30.3 Å². The zero-order valence-corrected chi connectivity index (χ0v) is 8.40. The summed E-state index contributed by atoms with van der Waals surface area (Å²) in [6.45, 7) is 0. The van der Waals surface area contributed by atoms with Crippen LogP contribution < -0.4 is 4.74 Å². The molecule has 0 unspecified atom stereocenters. The highest BCUT2D eigenvalue weighted by Crippen LogP contribution is 2.34. The van der Waals surface area contributed by atoms with Crippen molar-refractivity contribution in [2.45, 2.75) is 0 Å². The van der Waals surface area contributed by atoms with E-state index < -0.39 is 0 Å². The van der Waals surface area contributed by atoms with Crippen molar-refractivity contribution in [3.63, 3.8) is 0 Å². The highest BCUT2D eigenvalue weighted by molar-refractivity contribution is 5.75. The Bertz CT molecular complexity index is 464. The van der Waals surface area contributed by atoms with Crippen LogP contribution in [0.15, 0.2) is 42.5 Å². The maximum atomic E-state index is 9.70. The number of rotatable bonds is 2. The van der Waals surface area contributed by atoms with E-state index >= 15 is 0 Å². The molecule has 2 aromatic rings. The molecular weight excluding hydrogens is 188 g/mol. The molecule has 2 heteroatoms. The fourth-order valence-electron chi connectivity index (χ4n) is 1.52. The highest BCUT2D eigenvalue weighted by atomic mass is 16.5. The molecule has 1 N–H and O–H groups in total. The van der Waals surface area contributed by atoms with Gasteiger partial charge in [-0.15, -0.1) is 0 Å². The van der Waals surface area contributed by atoms with Crippen molar-refractivity contribution in [2.24, 2.45) is 0 Å². The summed E-state index contributed by atoms with van der Waals surface area (Å²) in [6, 6.07) is 15.5. The van der Waals surface area contributed by atoms with Gasteiger partial charge in [-0.3, -0.25) is 0 Å². The molecule has 2 rings (SSSR count). The third-order valence-electron chi connectivity index (χ3n) is 2.24. The van der Waals surface area contributed by atoms with E-state index in [1.165, 1.54) is 0 Å². The summed E-state index contributed by atoms with van der Waals surface area (Å²) >= 11 is 0. The molecule has 0 aromatic heterocycles. The Morgan fingerprint density at radius 1 is 1.13 bits per heavy atom. The third kappa shape index (κ3) is 1.79. The Hall–Kier alpha value is -1.96. The minimum Gasteiger partial charge on any atom is -0.507 e. The van der Waals surface area contributed by atoms with Crippen molar-refractivity contribution in [3.05, 3.63) is 48.5 Å². The number of para-hydroxylation sites is 1. The Morgan fingerprint density at radius 3 is 2.67 bits per heavy atom. The minimum absolute atomic E-state index is 0.210. The molecule has 0 aliphatic heterocycles. The quantitative estimate of drug-likeness (QED) is 0.805. The van der Waals surface area contributed by atoms with Crippen molar-refractivity contribution < 1.29 is 9.84 Å². The zero-order valence-electron chi connectivity index (χ0n) is 8.40. The highest BCUT2D eigenvalue weighted by Gasteiger charge is 2.07. The second-order valence-corrected chi connectivity index (χ2v) is 3.14. The first-order chi connectivity index (χ1) is 7.33. The van der Waals surface area contributed by atoms with Crippen LogP contribution in [-0.2, 0) is 0 Å². The first kappa shape index (κ1) is 9.59. The maximum absolute atomic E-state index is 9.70. The SMILES string of the molecule is COc1ccccc1-c1cc[c]cc1O. The van der Waals surface area contributed by atoms with E-state index in [0.29, 0.717) is 0 Å². The van der Waals surface area contributed by atoms with Gasteiger partial charge in [-0.2, -0.15) is 0 Å². The van der Waals surface area contributed by atoms with Crippen LogP contribution in [0.3, 0.4) is 0 Å². The van der Waals surface area contributed by atoms with E-state index in [1.54, 1.807) is 19.2 Å². The summed E-state index contributed by atoms with van der Waals surface area (Å²) in [5.74, 6) is 0.959. The Labute approximate surface area is 88.8 Å². The average Bonchev–Trinajstić information content (AvgIpc) is 2.30. The summed E-state index contributed by atoms with van der Waals surface area (Å²) in [5, 5.41) is 9.70. The van der Waals surface area contributed by atoms with E-state index in [9.17, 15) is 5.11 Å². The molecule has 0 aliphatic carbocycles. The zero-order chi connectivity index (χ0) is 10.7. The van der Waals surface area contributed by atoms with Gasteiger partial charge in [0.2, 0.25) is 0 Å². The van der Waals surface area contributed by atoms with Gasteiger partial charge in [0, 0.05) is 11.1 Å². The van der Waals surface area contributed by atoms with Crippen molar-refractivity contribution in [3.8, 4) is 22.6 Å². The van der Waals surface area contributed by atoms with Crippen LogP contribution in [0.5, 0.6) is 11.5 Å². The van der Waals surface area contributed by atoms with E-state index in [-0.39, 0.29) is 5.75 Å². The van der Waals surface area contributed by atoms with Crippen molar-refractivity contribution >= 4 is 0 Å². The molecular formula is C13H11O2. The number of hydrogen-bond acceptors (Lipinski definition) is 2. The lowest BCUT2D eigenvalue weighted by molar-refractivity contribution is 0.415. The molecule has 15 heavy (non-hydrogen) atoms. The molecule has 75 valence electrons. The maximum Gasteiger partial charge on any atom is 0.126 e. The molecule has 0 atom stereocenters. The smallest absolute Gasteiger partial charge is 0.126 e. The van der Waals surface area contributed by atoms with Gasteiger partial charge in [-0.1, -0.05) is 24.3 Å². The third-order valence-corrected chi connectivity index (χ3v) is 2.24. The largest absolute Gasteiger partial charge is 0.507 e. The fourth-order valence-corrected chi connectivity index (χ4v) is 1.52. The molecule has 0 saturated carbocycles. The molecule has 2 aromatic carbocycles. The average molecular weight is 199 g/mol. The molecule has 0 aliphatic rings. The van der Waals surface area contributed by atoms with E-state index in [2.05, 4.69) is 6.07 Å². The number of hydrogen-bond donors (Lipinski definition) is 1. The molecule has 0 heterocycles. The number of phenols is 1. The minimum atomic E-state index is 0.210. The monoisotopic (exact) mass is 199 g/mol. The number of phenolic OH excluding ortho intramolecular Hbond substituents is 1. The molecule has 0 fully saturated rings. The lowest BCUT2D eigenvalue weighted by atomic mass is 10.0. The van der Waals surface area contributed by atoms with Gasteiger partial charge in [0.05, 0.1) is 7.11 Å². The van der Waals surface area contributed by atoms with Crippen LogP contribution in [-0.4, -0.2) is 12.2 Å². The van der Waals surface area contributed by atoms with E-state index in [0.717, 1.165) is 16.9 Å². The molecule has 0 spiro atoms. The number of methoxy groups -OCH3 is 1. The van der Waals surface area contributed by atoms with Gasteiger partial charge in [0.15, 0.2) is 0 Å². The standard InChI is InChI=1S/C13H11O2/c1-15-13-9-5-3-7-11(13)10-6-2-4-8-12(10)14/h2-3,5-9,14H,1H3. The lowest BCUT2D eigenvalue weighted by Crippen LogP contribution is -1.87. The van der Waals surface area contributed by atoms with E-state index in [4.69, 9.17) is 4.74 Å². The summed E-state index contributed by atoms with van der Waals surface area (Å²) in [4.78, 5) is 0. The van der Waals surface area contributed by atoms with Crippen LogP contribution in [0.1, 0.15) is 0 Å². The molecule has 0 amide bonds. The summed E-state index contributed by atoms with van der Waals surface area (Å²) in [6.07, 6.45) is 0. The van der Waals surface area contributed by atoms with Crippen LogP contribution in [0.2, 0.25) is 0 Å². The predicted octanol–water partition coefficient (Wildman–Crippen LogP) is 2.87. The number of benzene rings is 2. The topological polar surface area (TPSA) is 29.5 Å². The van der Waals surface area contributed by atoms with Crippen LogP contribution in [0, 0.1) is 6.07 Å². The van der Waals surface area contributed by atoms with Crippen LogP contribution in [0.4, 0.5) is 0 Å². The van der Waals surface area contributed by atoms with Gasteiger partial charge < -0.3 is 9.84 Å². The van der Waals surface area contributed by atoms with Crippen molar-refractivity contribution in [1.29, 1.82) is 0 Å². The number of ether oxygens (including phenoxy) is 1. The van der Waals surface area contributed by atoms with Gasteiger partial charge in [0.25, 0.3) is 0 Å². The summed E-state index contributed by atoms with van der Waals surface area (Å²) < 4.78 is 5.23. The second kappa shape index (κ2) is 4.05. The molecule has 1 radical (unpaired) electrons. The Morgan fingerprint density at radius 2 is 1.93 bits per heavy atom. The van der Waals surface area contributed by atoms with Crippen LogP contribution in [0.25, 0.3) is 11.1 Å². The molecule has 0 bridgehead atoms. The molecule has 2 nitrogen and oxygen atoms in total. The van der Waals surface area contributed by atoms with Crippen molar-refractivity contribution in [2.75, 3.05) is 7.11 Å². The van der Waals surface area contributed by atoms with Gasteiger partial charge in [-0.05, 0) is 24.3 Å². The lowest BCUT2D eigenvalue weighted by Gasteiger charge is -2.09. The summed E-state index contributed by atoms with van der Waals surface area (Å²) in [5.41, 5.74) is 1.64.